The molecular formula is C15H16N2O2S2. The molecule has 1 heterocycles. The van der Waals surface area contributed by atoms with Gasteiger partial charge < -0.3 is 10.1 Å². The van der Waals surface area contributed by atoms with E-state index >= 15 is 0 Å². The molecule has 110 valence electrons. The summed E-state index contributed by atoms with van der Waals surface area (Å²) in [6.07, 6.45) is 3.76. The number of carbonyl (C=O) groups excluding carboxylic acids is 1. The lowest BCUT2D eigenvalue weighted by Crippen LogP contribution is -2.06. The predicted molar refractivity (Wildman–Crippen MR) is 88.1 cm³/mol. The van der Waals surface area contributed by atoms with Crippen LogP contribution in [0.2, 0.25) is 0 Å². The van der Waals surface area contributed by atoms with Gasteiger partial charge in [0.1, 0.15) is 6.61 Å². The van der Waals surface area contributed by atoms with Crippen molar-refractivity contribution in [3.63, 3.8) is 0 Å². The van der Waals surface area contributed by atoms with E-state index in [2.05, 4.69) is 16.9 Å². The van der Waals surface area contributed by atoms with Crippen molar-refractivity contribution in [3.05, 3.63) is 53.6 Å². The Labute approximate surface area is 132 Å². The summed E-state index contributed by atoms with van der Waals surface area (Å²) in [6, 6.07) is 7.93. The maximum atomic E-state index is 11.9. The van der Waals surface area contributed by atoms with Crippen LogP contribution in [0.5, 0.6) is 0 Å². The van der Waals surface area contributed by atoms with Gasteiger partial charge >= 0.3 is 5.97 Å². The lowest BCUT2D eigenvalue weighted by molar-refractivity contribution is 0.0467. The van der Waals surface area contributed by atoms with E-state index in [1.807, 2.05) is 30.5 Å². The van der Waals surface area contributed by atoms with Crippen LogP contribution in [0.25, 0.3) is 0 Å². The zero-order valence-corrected chi connectivity index (χ0v) is 13.3. The molecule has 0 saturated heterocycles. The van der Waals surface area contributed by atoms with Gasteiger partial charge in [0.05, 0.1) is 0 Å². The second-order valence-electron chi connectivity index (χ2n) is 4.13. The molecule has 0 radical (unpaired) electrons. The van der Waals surface area contributed by atoms with Crippen molar-refractivity contribution in [2.24, 2.45) is 0 Å². The second kappa shape index (κ2) is 7.85. The van der Waals surface area contributed by atoms with Crippen molar-refractivity contribution in [3.8, 4) is 0 Å². The third-order valence-corrected chi connectivity index (χ3v) is 4.18. The number of anilines is 1. The highest BCUT2D eigenvalue weighted by Crippen LogP contribution is 2.18. The molecule has 1 aromatic carbocycles. The van der Waals surface area contributed by atoms with E-state index in [1.54, 1.807) is 23.2 Å². The average Bonchev–Trinajstić information content (AvgIpc) is 3.00. The number of rotatable bonds is 7. The normalized spacial score (nSPS) is 10.1. The summed E-state index contributed by atoms with van der Waals surface area (Å²) in [6.45, 7) is 4.48. The molecule has 0 amide bonds. The van der Waals surface area contributed by atoms with Crippen molar-refractivity contribution < 1.29 is 9.53 Å². The zero-order valence-electron chi connectivity index (χ0n) is 11.7. The number of thiazole rings is 1. The molecule has 0 atom stereocenters. The van der Waals surface area contributed by atoms with Crippen molar-refractivity contribution in [2.75, 3.05) is 18.1 Å². The number of nitrogens with one attached hydrogen (secondary N) is 1. The molecule has 1 aromatic heterocycles. The number of hydrogen-bond acceptors (Lipinski definition) is 6. The molecule has 4 nitrogen and oxygen atoms in total. The number of hydrogen-bond donors (Lipinski definition) is 1. The minimum Gasteiger partial charge on any atom is -0.456 e. The van der Waals surface area contributed by atoms with Gasteiger partial charge in [0.25, 0.3) is 0 Å². The molecule has 0 spiro atoms. The molecule has 1 N–H and O–H groups in total. The first-order valence-electron chi connectivity index (χ1n) is 6.33. The second-order valence-corrected chi connectivity index (χ2v) is 5.87. The quantitative estimate of drug-likeness (QED) is 0.477. The molecule has 0 unspecified atom stereocenters. The summed E-state index contributed by atoms with van der Waals surface area (Å²) in [5.74, 6) is -0.410. The van der Waals surface area contributed by atoms with Gasteiger partial charge in [-0.25, -0.2) is 9.78 Å². The fraction of sp³-hybridized carbons (Fsp3) is 0.200. The van der Waals surface area contributed by atoms with Gasteiger partial charge in [-0.15, -0.1) is 29.7 Å². The van der Waals surface area contributed by atoms with Gasteiger partial charge in [-0.1, -0.05) is 18.2 Å². The smallest absolute Gasteiger partial charge is 0.358 e. The number of thioether (sulfide) groups is 1. The Hall–Kier alpha value is -1.79. The van der Waals surface area contributed by atoms with Crippen LogP contribution in [0.1, 0.15) is 16.1 Å². The standard InChI is InChI=1S/C15H16N2O2S2/c1-3-8-16-15-17-13(10-21-15)14(18)19-9-11-4-6-12(20-2)7-5-11/h3-7,10H,1,8-9H2,2H3,(H,16,17). The lowest BCUT2D eigenvalue weighted by Gasteiger charge is -2.04. The first-order chi connectivity index (χ1) is 10.2. The summed E-state index contributed by atoms with van der Waals surface area (Å²) in [5, 5.41) is 5.41. The van der Waals surface area contributed by atoms with Gasteiger partial charge in [0.15, 0.2) is 10.8 Å². The highest BCUT2D eigenvalue weighted by Gasteiger charge is 2.12. The van der Waals surface area contributed by atoms with Crippen molar-refractivity contribution in [1.82, 2.24) is 4.98 Å². The van der Waals surface area contributed by atoms with Gasteiger partial charge in [-0.2, -0.15) is 0 Å². The maximum Gasteiger partial charge on any atom is 0.358 e. The molecular weight excluding hydrogens is 304 g/mol. The molecule has 0 bridgehead atoms. The molecule has 0 aliphatic carbocycles. The van der Waals surface area contributed by atoms with Crippen LogP contribution >= 0.6 is 23.1 Å². The molecule has 21 heavy (non-hydrogen) atoms. The fourth-order valence-corrected chi connectivity index (χ4v) is 2.65. The molecule has 0 saturated carbocycles. The molecule has 0 aliphatic heterocycles. The van der Waals surface area contributed by atoms with E-state index < -0.39 is 5.97 Å². The number of aromatic nitrogens is 1. The summed E-state index contributed by atoms with van der Waals surface area (Å²) in [4.78, 5) is 17.3. The number of ether oxygens (including phenoxy) is 1. The number of carbonyl (C=O) groups is 1. The van der Waals surface area contributed by atoms with Crippen LogP contribution in [-0.4, -0.2) is 23.8 Å². The summed E-state index contributed by atoms with van der Waals surface area (Å²) in [7, 11) is 0. The predicted octanol–water partition coefficient (Wildman–Crippen LogP) is 3.82. The molecule has 2 aromatic rings. The molecule has 6 heteroatoms. The molecule has 2 rings (SSSR count). The Morgan fingerprint density at radius 3 is 2.90 bits per heavy atom. The lowest BCUT2D eigenvalue weighted by atomic mass is 10.2. The van der Waals surface area contributed by atoms with Gasteiger partial charge in [-0.3, -0.25) is 0 Å². The monoisotopic (exact) mass is 320 g/mol. The summed E-state index contributed by atoms with van der Waals surface area (Å²) < 4.78 is 5.26. The number of esters is 1. The van der Waals surface area contributed by atoms with Crippen LogP contribution in [-0.2, 0) is 11.3 Å². The van der Waals surface area contributed by atoms with Gasteiger partial charge in [0.2, 0.25) is 0 Å². The summed E-state index contributed by atoms with van der Waals surface area (Å²) in [5.41, 5.74) is 1.29. The fourth-order valence-electron chi connectivity index (χ4n) is 1.55. The van der Waals surface area contributed by atoms with Crippen molar-refractivity contribution >= 4 is 34.2 Å². The Bertz CT molecular complexity index is 608. The van der Waals surface area contributed by atoms with Gasteiger partial charge in [-0.05, 0) is 24.0 Å². The summed E-state index contributed by atoms with van der Waals surface area (Å²) >= 11 is 3.05. The van der Waals surface area contributed by atoms with E-state index in [0.29, 0.717) is 17.4 Å². The van der Waals surface area contributed by atoms with Crippen molar-refractivity contribution in [1.29, 1.82) is 0 Å². The van der Waals surface area contributed by atoms with E-state index in [0.717, 1.165) is 5.56 Å². The SMILES string of the molecule is C=CCNc1nc(C(=O)OCc2ccc(SC)cc2)cs1. The highest BCUT2D eigenvalue weighted by atomic mass is 32.2. The highest BCUT2D eigenvalue weighted by molar-refractivity contribution is 7.98. The Balaban J connectivity index is 1.88. The van der Waals surface area contributed by atoms with Gasteiger partial charge in [0, 0.05) is 16.8 Å². The minimum atomic E-state index is -0.410. The van der Waals surface area contributed by atoms with Crippen LogP contribution in [0.15, 0.2) is 47.2 Å². The van der Waals surface area contributed by atoms with Crippen LogP contribution in [0, 0.1) is 0 Å². The van der Waals surface area contributed by atoms with E-state index in [-0.39, 0.29) is 6.61 Å². The Morgan fingerprint density at radius 1 is 1.48 bits per heavy atom. The van der Waals surface area contributed by atoms with Crippen LogP contribution in [0.3, 0.4) is 0 Å². The van der Waals surface area contributed by atoms with Crippen molar-refractivity contribution in [2.45, 2.75) is 11.5 Å². The van der Waals surface area contributed by atoms with E-state index in [9.17, 15) is 4.79 Å². The van der Waals surface area contributed by atoms with Crippen LogP contribution in [0.4, 0.5) is 5.13 Å². The van der Waals surface area contributed by atoms with Crippen LogP contribution < -0.4 is 5.32 Å². The Morgan fingerprint density at radius 2 is 2.24 bits per heavy atom. The zero-order chi connectivity index (χ0) is 15.1. The molecule has 0 fully saturated rings. The third kappa shape index (κ3) is 4.61. The third-order valence-electron chi connectivity index (χ3n) is 2.64. The maximum absolute atomic E-state index is 11.9. The number of nitrogens with zero attached hydrogens (tertiary/aromatic N) is 1. The van der Waals surface area contributed by atoms with E-state index in [1.165, 1.54) is 16.2 Å². The topological polar surface area (TPSA) is 51.2 Å². The molecule has 0 aliphatic rings. The Kier molecular flexibility index (Phi) is 5.83. The average molecular weight is 320 g/mol. The number of benzene rings is 1. The van der Waals surface area contributed by atoms with E-state index in [4.69, 9.17) is 4.74 Å². The first-order valence-corrected chi connectivity index (χ1v) is 8.43. The largest absolute Gasteiger partial charge is 0.456 e. The minimum absolute atomic E-state index is 0.250. The first kappa shape index (κ1) is 15.6.